The molecule has 0 aliphatic carbocycles. The molecule has 0 heterocycles. The number of nitrogens with one attached hydrogen (secondary N) is 1. The van der Waals surface area contributed by atoms with Gasteiger partial charge in [-0.15, -0.1) is 0 Å². The molecule has 0 aromatic heterocycles. The number of benzene rings is 1. The second-order valence-electron chi connectivity index (χ2n) is 2.49. The second-order valence-corrected chi connectivity index (χ2v) is 2.94. The van der Waals surface area contributed by atoms with Crippen molar-refractivity contribution in [2.24, 2.45) is 10.3 Å². The number of nitriles is 1. The number of rotatable bonds is 4. The molecule has 0 aliphatic rings. The van der Waals surface area contributed by atoms with Gasteiger partial charge >= 0.3 is 0 Å². The van der Waals surface area contributed by atoms with Crippen molar-refractivity contribution >= 4 is 18.3 Å². The molecule has 0 spiro atoms. The topological polar surface area (TPSA) is 60.5 Å². The highest BCUT2D eigenvalue weighted by atomic mass is 32.1. The number of anilines is 1. The van der Waals surface area contributed by atoms with Crippen molar-refractivity contribution in [2.45, 2.75) is 0 Å². The van der Waals surface area contributed by atoms with Gasteiger partial charge in [-0.05, 0) is 24.3 Å². The van der Waals surface area contributed by atoms with Crippen LogP contribution in [0.3, 0.4) is 0 Å². The summed E-state index contributed by atoms with van der Waals surface area (Å²) in [6.07, 6.45) is 0. The molecule has 0 unspecified atom stereocenters. The predicted octanol–water partition coefficient (Wildman–Crippen LogP) is 2.27. The Bertz CT molecular complexity index is 339. The first-order chi connectivity index (χ1) is 6.86. The van der Waals surface area contributed by atoms with Crippen LogP contribution >= 0.6 is 12.6 Å². The highest BCUT2D eigenvalue weighted by Gasteiger charge is 1.90. The molecule has 4 nitrogen and oxygen atoms in total. The summed E-state index contributed by atoms with van der Waals surface area (Å²) in [4.78, 5) is 0. The van der Waals surface area contributed by atoms with Gasteiger partial charge in [0.25, 0.3) is 0 Å². The molecule has 0 fully saturated rings. The Balaban J connectivity index is 2.48. The van der Waals surface area contributed by atoms with Gasteiger partial charge in [-0.3, -0.25) is 5.43 Å². The van der Waals surface area contributed by atoms with Crippen molar-refractivity contribution in [3.05, 3.63) is 29.8 Å². The van der Waals surface area contributed by atoms with Crippen LogP contribution in [0.5, 0.6) is 0 Å². The summed E-state index contributed by atoms with van der Waals surface area (Å²) in [5.41, 5.74) is 4.19. The molecule has 0 atom stereocenters. The van der Waals surface area contributed by atoms with Crippen molar-refractivity contribution < 1.29 is 0 Å². The molecule has 72 valence electrons. The lowest BCUT2D eigenvalue weighted by atomic mass is 10.2. The minimum atomic E-state index is 0.590. The fourth-order valence-electron chi connectivity index (χ4n) is 0.807. The molecule has 0 saturated carbocycles. The molecule has 5 heteroatoms. The summed E-state index contributed by atoms with van der Waals surface area (Å²) in [7, 11) is 0. The van der Waals surface area contributed by atoms with Gasteiger partial charge in [0.1, 0.15) is 0 Å². The van der Waals surface area contributed by atoms with E-state index in [1.165, 1.54) is 0 Å². The van der Waals surface area contributed by atoms with Gasteiger partial charge in [0.2, 0.25) is 0 Å². The van der Waals surface area contributed by atoms with E-state index in [1.54, 1.807) is 24.3 Å². The van der Waals surface area contributed by atoms with Gasteiger partial charge in [0, 0.05) is 5.75 Å². The van der Waals surface area contributed by atoms with Crippen LogP contribution in [0.15, 0.2) is 34.6 Å². The van der Waals surface area contributed by atoms with Crippen LogP contribution in [0, 0.1) is 11.3 Å². The van der Waals surface area contributed by atoms with Crippen LogP contribution < -0.4 is 5.43 Å². The van der Waals surface area contributed by atoms with Crippen LogP contribution in [-0.4, -0.2) is 12.3 Å². The number of hydrogen-bond acceptors (Lipinski definition) is 4. The van der Waals surface area contributed by atoms with Crippen molar-refractivity contribution in [1.29, 1.82) is 5.26 Å². The zero-order chi connectivity index (χ0) is 10.2. The zero-order valence-corrected chi connectivity index (χ0v) is 8.41. The summed E-state index contributed by atoms with van der Waals surface area (Å²) in [6, 6.07) is 9.03. The van der Waals surface area contributed by atoms with Crippen molar-refractivity contribution in [3.63, 3.8) is 0 Å². The minimum Gasteiger partial charge on any atom is -0.260 e. The van der Waals surface area contributed by atoms with E-state index in [9.17, 15) is 0 Å². The lowest BCUT2D eigenvalue weighted by Gasteiger charge is -1.97. The van der Waals surface area contributed by atoms with Crippen LogP contribution in [0.4, 0.5) is 5.69 Å². The Kier molecular flexibility index (Phi) is 4.51. The Morgan fingerprint density at radius 1 is 1.36 bits per heavy atom. The average Bonchev–Trinajstić information content (AvgIpc) is 2.25. The third-order valence-electron chi connectivity index (χ3n) is 1.46. The van der Waals surface area contributed by atoms with Gasteiger partial charge in [-0.25, -0.2) is 0 Å². The number of nitrogens with zero attached hydrogens (tertiary/aromatic N) is 3. The average molecular weight is 206 g/mol. The van der Waals surface area contributed by atoms with E-state index in [-0.39, 0.29) is 0 Å². The highest BCUT2D eigenvalue weighted by Crippen LogP contribution is 2.08. The minimum absolute atomic E-state index is 0.590. The Labute approximate surface area is 88.0 Å². The Morgan fingerprint density at radius 3 is 2.64 bits per heavy atom. The standard InChI is InChI=1S/C9H10N4S/c10-7-8-1-3-9(4-2-8)12-13-11-5-6-14/h1-4,14H,5-6H2,(H,11,12). The van der Waals surface area contributed by atoms with Gasteiger partial charge in [0.15, 0.2) is 0 Å². The fourth-order valence-corrected chi connectivity index (χ4v) is 0.897. The SMILES string of the molecule is N#Cc1ccc(NN=NCCS)cc1. The predicted molar refractivity (Wildman–Crippen MR) is 58.4 cm³/mol. The largest absolute Gasteiger partial charge is 0.260 e. The molecule has 0 radical (unpaired) electrons. The third kappa shape index (κ3) is 3.46. The van der Waals surface area contributed by atoms with Crippen LogP contribution in [0.25, 0.3) is 0 Å². The zero-order valence-electron chi connectivity index (χ0n) is 7.51. The summed E-state index contributed by atoms with van der Waals surface area (Å²) < 4.78 is 0. The van der Waals surface area contributed by atoms with E-state index in [4.69, 9.17) is 5.26 Å². The molecule has 1 aromatic rings. The van der Waals surface area contributed by atoms with Gasteiger partial charge in [-0.1, -0.05) is 5.22 Å². The Hall–Kier alpha value is -1.54. The van der Waals surface area contributed by atoms with Crippen LogP contribution in [-0.2, 0) is 0 Å². The molecule has 14 heavy (non-hydrogen) atoms. The first-order valence-electron chi connectivity index (χ1n) is 4.10. The maximum Gasteiger partial charge on any atom is 0.0991 e. The number of thiol groups is 1. The number of hydrogen-bond donors (Lipinski definition) is 2. The van der Waals surface area contributed by atoms with Crippen molar-refractivity contribution in [1.82, 2.24) is 0 Å². The fraction of sp³-hybridized carbons (Fsp3) is 0.222. The third-order valence-corrected chi connectivity index (χ3v) is 1.66. The van der Waals surface area contributed by atoms with E-state index in [2.05, 4.69) is 28.4 Å². The molecule has 1 aromatic carbocycles. The summed E-state index contributed by atoms with van der Waals surface area (Å²) in [6.45, 7) is 0.590. The molecule has 0 aliphatic heterocycles. The van der Waals surface area contributed by atoms with Gasteiger partial charge in [0.05, 0.1) is 23.9 Å². The Morgan fingerprint density at radius 2 is 2.07 bits per heavy atom. The molecular formula is C9H10N4S. The van der Waals surface area contributed by atoms with Gasteiger partial charge in [-0.2, -0.15) is 23.0 Å². The lowest BCUT2D eigenvalue weighted by Crippen LogP contribution is -1.88. The molecule has 1 N–H and O–H groups in total. The van der Waals surface area contributed by atoms with Crippen molar-refractivity contribution in [2.75, 3.05) is 17.7 Å². The van der Waals surface area contributed by atoms with E-state index in [1.807, 2.05) is 6.07 Å². The first kappa shape index (κ1) is 10.5. The molecule has 0 amide bonds. The van der Waals surface area contributed by atoms with Gasteiger partial charge < -0.3 is 0 Å². The normalized spacial score (nSPS) is 10.0. The van der Waals surface area contributed by atoms with E-state index < -0.39 is 0 Å². The highest BCUT2D eigenvalue weighted by molar-refractivity contribution is 7.80. The van der Waals surface area contributed by atoms with E-state index >= 15 is 0 Å². The monoisotopic (exact) mass is 206 g/mol. The first-order valence-corrected chi connectivity index (χ1v) is 4.73. The summed E-state index contributed by atoms with van der Waals surface area (Å²) in [5, 5.41) is 16.1. The van der Waals surface area contributed by atoms with E-state index in [0.717, 1.165) is 5.69 Å². The molecule has 1 rings (SSSR count). The maximum absolute atomic E-state index is 8.55. The molecule has 0 bridgehead atoms. The van der Waals surface area contributed by atoms with Crippen LogP contribution in [0.1, 0.15) is 5.56 Å². The molecule has 0 saturated heterocycles. The quantitative estimate of drug-likeness (QED) is 0.451. The van der Waals surface area contributed by atoms with E-state index in [0.29, 0.717) is 17.9 Å². The second kappa shape index (κ2) is 6.00. The smallest absolute Gasteiger partial charge is 0.0991 e. The lowest BCUT2D eigenvalue weighted by molar-refractivity contribution is 0.974. The molecular weight excluding hydrogens is 196 g/mol. The summed E-state index contributed by atoms with van der Waals surface area (Å²) in [5.74, 6) is 0.679. The van der Waals surface area contributed by atoms with Crippen molar-refractivity contribution in [3.8, 4) is 6.07 Å². The maximum atomic E-state index is 8.55. The van der Waals surface area contributed by atoms with Crippen LogP contribution in [0.2, 0.25) is 0 Å². The summed E-state index contributed by atoms with van der Waals surface area (Å²) >= 11 is 3.99.